The van der Waals surface area contributed by atoms with E-state index in [-0.39, 0.29) is 0 Å². The van der Waals surface area contributed by atoms with E-state index >= 15 is 0 Å². The lowest BCUT2D eigenvalue weighted by atomic mass is 10.5. The smallest absolute Gasteiger partial charge is 0.204 e. The van der Waals surface area contributed by atoms with Crippen molar-refractivity contribution < 1.29 is 4.74 Å². The molecule has 0 bridgehead atoms. The van der Waals surface area contributed by atoms with Crippen LogP contribution in [-0.2, 0) is 4.74 Å². The average molecular weight is 162 g/mol. The topological polar surface area (TPSA) is 21.6 Å². The molecule has 0 aromatic carbocycles. The first-order valence-electron chi connectivity index (χ1n) is 1.93. The van der Waals surface area contributed by atoms with Gasteiger partial charge in [0.15, 0.2) is 0 Å². The molecule has 0 aliphatic carbocycles. The van der Waals surface area contributed by atoms with Crippen molar-refractivity contribution in [2.24, 2.45) is 4.02 Å². The highest BCUT2D eigenvalue weighted by Crippen LogP contribution is 2.03. The Morgan fingerprint density at radius 3 is 3.00 bits per heavy atom. The van der Waals surface area contributed by atoms with Gasteiger partial charge in [-0.25, -0.2) is 0 Å². The number of rotatable bonds is 0. The summed E-state index contributed by atoms with van der Waals surface area (Å²) in [6, 6.07) is 0. The van der Waals surface area contributed by atoms with Crippen molar-refractivity contribution in [1.82, 2.24) is 0 Å². The van der Waals surface area contributed by atoms with Crippen molar-refractivity contribution in [2.75, 3.05) is 0 Å². The summed E-state index contributed by atoms with van der Waals surface area (Å²) in [5.41, 5.74) is 0. The quantitative estimate of drug-likeness (QED) is 0.530. The zero-order chi connectivity index (χ0) is 5.11. The van der Waals surface area contributed by atoms with Gasteiger partial charge in [-0.2, -0.15) is 4.02 Å². The summed E-state index contributed by atoms with van der Waals surface area (Å²) in [6.45, 7) is 0. The number of halogens is 1. The summed E-state index contributed by atoms with van der Waals surface area (Å²) in [5, 5.41) is 0. The lowest BCUT2D eigenvalue weighted by Crippen LogP contribution is -1.87. The number of ether oxygens (including phenoxy) is 1. The summed E-state index contributed by atoms with van der Waals surface area (Å²) >= 11 is 2.90. The van der Waals surface area contributed by atoms with Crippen molar-refractivity contribution in [3.8, 4) is 0 Å². The third-order valence-electron chi connectivity index (χ3n) is 0.687. The minimum absolute atomic E-state index is 0.722. The van der Waals surface area contributed by atoms with Gasteiger partial charge in [0.25, 0.3) is 0 Å². The fraction of sp³-hybridized carbons (Fsp3) is 0.250. The predicted octanol–water partition coefficient (Wildman–Crippen LogP) is 1.63. The molecule has 0 aromatic heterocycles. The largest absolute Gasteiger partial charge is 0.450 e. The molecule has 1 heterocycles. The Hall–Kier alpha value is -0.310. The molecule has 38 valence electrons. The van der Waals surface area contributed by atoms with E-state index in [4.69, 9.17) is 4.74 Å². The Morgan fingerprint density at radius 2 is 2.71 bits per heavy atom. The van der Waals surface area contributed by atoms with Crippen LogP contribution in [0, 0.1) is 0 Å². The van der Waals surface area contributed by atoms with Crippen LogP contribution in [0.25, 0.3) is 0 Å². The zero-order valence-corrected chi connectivity index (χ0v) is 5.18. The molecule has 1 rings (SSSR count). The Bertz CT molecular complexity index is 109. The Balaban J connectivity index is 2.51. The predicted molar refractivity (Wildman–Crippen MR) is 31.2 cm³/mol. The van der Waals surface area contributed by atoms with Crippen LogP contribution in [0.2, 0.25) is 0 Å². The van der Waals surface area contributed by atoms with Crippen LogP contribution in [0.5, 0.6) is 0 Å². The number of hydrogen-bond donors (Lipinski definition) is 0. The van der Waals surface area contributed by atoms with E-state index in [0.29, 0.717) is 0 Å². The van der Waals surface area contributed by atoms with E-state index < -0.39 is 0 Å². The van der Waals surface area contributed by atoms with Crippen LogP contribution < -0.4 is 0 Å². The minimum Gasteiger partial charge on any atom is -0.450 e. The standard InChI is InChI=1S/C4H4BrNO/c5-6-4-2-1-3-7-4/h1,3H,2H2. The van der Waals surface area contributed by atoms with Gasteiger partial charge in [-0.15, -0.1) is 0 Å². The van der Waals surface area contributed by atoms with E-state index in [1.165, 1.54) is 0 Å². The molecule has 1 aliphatic rings. The second-order valence-corrected chi connectivity index (χ2v) is 1.53. The molecule has 1 aliphatic heterocycles. The molecule has 0 saturated heterocycles. The van der Waals surface area contributed by atoms with Crippen molar-refractivity contribution in [1.29, 1.82) is 0 Å². The molecule has 0 amide bonds. The van der Waals surface area contributed by atoms with Crippen LogP contribution in [0.15, 0.2) is 16.4 Å². The maximum absolute atomic E-state index is 4.82. The van der Waals surface area contributed by atoms with Gasteiger partial charge in [-0.3, -0.25) is 0 Å². The monoisotopic (exact) mass is 161 g/mol. The van der Waals surface area contributed by atoms with E-state index in [0.717, 1.165) is 12.3 Å². The summed E-state index contributed by atoms with van der Waals surface area (Å²) in [5.74, 6) is 0.722. The minimum atomic E-state index is 0.722. The molecule has 0 radical (unpaired) electrons. The third-order valence-corrected chi connectivity index (χ3v) is 1.08. The van der Waals surface area contributed by atoms with E-state index in [2.05, 4.69) is 20.2 Å². The maximum atomic E-state index is 4.82. The fourth-order valence-electron chi connectivity index (χ4n) is 0.378. The maximum Gasteiger partial charge on any atom is 0.204 e. The lowest BCUT2D eigenvalue weighted by molar-refractivity contribution is 0.484. The molecule has 2 nitrogen and oxygen atoms in total. The van der Waals surface area contributed by atoms with E-state index in [9.17, 15) is 0 Å². The van der Waals surface area contributed by atoms with E-state index in [1.54, 1.807) is 6.26 Å². The van der Waals surface area contributed by atoms with Gasteiger partial charge in [0.2, 0.25) is 5.90 Å². The van der Waals surface area contributed by atoms with Gasteiger partial charge in [0, 0.05) is 6.42 Å². The van der Waals surface area contributed by atoms with Crippen molar-refractivity contribution in [3.05, 3.63) is 12.3 Å². The van der Waals surface area contributed by atoms with Gasteiger partial charge >= 0.3 is 0 Å². The van der Waals surface area contributed by atoms with Crippen LogP contribution in [0.3, 0.4) is 0 Å². The third kappa shape index (κ3) is 1.03. The lowest BCUT2D eigenvalue weighted by Gasteiger charge is -1.87. The molecule has 7 heavy (non-hydrogen) atoms. The molecule has 0 unspecified atom stereocenters. The fourth-order valence-corrected chi connectivity index (χ4v) is 0.606. The summed E-state index contributed by atoms with van der Waals surface area (Å²) < 4.78 is 8.46. The van der Waals surface area contributed by atoms with Gasteiger partial charge < -0.3 is 4.74 Å². The average Bonchev–Trinajstić information content (AvgIpc) is 2.14. The highest BCUT2D eigenvalue weighted by Gasteiger charge is 1.99. The molecule has 0 fully saturated rings. The Labute approximate surface area is 50.2 Å². The summed E-state index contributed by atoms with van der Waals surface area (Å²) in [6.07, 6.45) is 4.34. The summed E-state index contributed by atoms with van der Waals surface area (Å²) in [4.78, 5) is 0. The van der Waals surface area contributed by atoms with Gasteiger partial charge in [-0.05, 0) is 6.08 Å². The van der Waals surface area contributed by atoms with Crippen molar-refractivity contribution in [3.63, 3.8) is 0 Å². The van der Waals surface area contributed by atoms with Gasteiger partial charge in [-0.1, -0.05) is 0 Å². The molecule has 0 atom stereocenters. The SMILES string of the molecule is BrN=C1CC=CO1. The molecule has 0 N–H and O–H groups in total. The second kappa shape index (κ2) is 2.12. The first-order chi connectivity index (χ1) is 3.43. The highest BCUT2D eigenvalue weighted by molar-refractivity contribution is 9.08. The molecule has 3 heteroatoms. The van der Waals surface area contributed by atoms with Crippen LogP contribution in [-0.4, -0.2) is 5.90 Å². The normalized spacial score (nSPS) is 23.3. The number of hydrogen-bond acceptors (Lipinski definition) is 2. The van der Waals surface area contributed by atoms with Gasteiger partial charge in [0.1, 0.15) is 0 Å². The highest BCUT2D eigenvalue weighted by atomic mass is 79.9. The van der Waals surface area contributed by atoms with Crippen molar-refractivity contribution >= 4 is 22.0 Å². The van der Waals surface area contributed by atoms with Crippen LogP contribution in [0.4, 0.5) is 0 Å². The second-order valence-electron chi connectivity index (χ2n) is 1.17. The van der Waals surface area contributed by atoms with Crippen molar-refractivity contribution in [2.45, 2.75) is 6.42 Å². The first-order valence-corrected chi connectivity index (χ1v) is 2.64. The van der Waals surface area contributed by atoms with Crippen LogP contribution in [0.1, 0.15) is 6.42 Å². The number of nitrogens with zero attached hydrogens (tertiary/aromatic N) is 1. The molecular formula is C4H4BrNO. The molecular weight excluding hydrogens is 158 g/mol. The zero-order valence-electron chi connectivity index (χ0n) is 3.60. The first kappa shape index (κ1) is 4.84. The van der Waals surface area contributed by atoms with Crippen LogP contribution >= 0.6 is 16.1 Å². The van der Waals surface area contributed by atoms with Gasteiger partial charge in [0.05, 0.1) is 22.4 Å². The Kier molecular flexibility index (Phi) is 1.46. The molecule has 0 aromatic rings. The molecule has 0 spiro atoms. The summed E-state index contributed by atoms with van der Waals surface area (Å²) in [7, 11) is 0. The Morgan fingerprint density at radius 1 is 1.86 bits per heavy atom. The molecule has 0 saturated carbocycles. The van der Waals surface area contributed by atoms with E-state index in [1.807, 2.05) is 6.08 Å².